The fourth-order valence-corrected chi connectivity index (χ4v) is 5.46. The van der Waals surface area contributed by atoms with Crippen LogP contribution in [0.1, 0.15) is 219 Å². The van der Waals surface area contributed by atoms with Gasteiger partial charge in [-0.15, -0.1) is 0 Å². The Hall–Kier alpha value is 0. The molecular formula is C35H71. The van der Waals surface area contributed by atoms with E-state index in [-0.39, 0.29) is 0 Å². The van der Waals surface area contributed by atoms with Crippen LogP contribution < -0.4 is 0 Å². The van der Waals surface area contributed by atoms with Gasteiger partial charge in [0.1, 0.15) is 0 Å². The lowest BCUT2D eigenvalue weighted by atomic mass is 10.0. The molecule has 0 heteroatoms. The molecule has 0 aliphatic rings. The molecule has 0 saturated carbocycles. The largest absolute Gasteiger partial charge is 0.0654 e. The topological polar surface area (TPSA) is 0 Å². The van der Waals surface area contributed by atoms with Gasteiger partial charge in [-0.05, 0) is 6.42 Å². The number of unbranched alkanes of at least 4 members (excludes halogenated alkanes) is 32. The van der Waals surface area contributed by atoms with Crippen molar-refractivity contribution >= 4 is 0 Å². The highest BCUT2D eigenvalue weighted by Gasteiger charge is 1.97. The number of hydrogen-bond acceptors (Lipinski definition) is 0. The monoisotopic (exact) mass is 492 g/mol. The molecule has 35 heavy (non-hydrogen) atoms. The molecular weight excluding hydrogens is 420 g/mol. The second kappa shape index (κ2) is 34.0. The first-order valence-electron chi connectivity index (χ1n) is 17.2. The van der Waals surface area contributed by atoms with E-state index in [9.17, 15) is 0 Å². The lowest BCUT2D eigenvalue weighted by Crippen LogP contribution is -1.85. The van der Waals surface area contributed by atoms with E-state index < -0.39 is 0 Å². The van der Waals surface area contributed by atoms with E-state index in [0.29, 0.717) is 0 Å². The van der Waals surface area contributed by atoms with Gasteiger partial charge in [-0.25, -0.2) is 0 Å². The van der Waals surface area contributed by atoms with Gasteiger partial charge >= 0.3 is 0 Å². The minimum atomic E-state index is 1.37. The van der Waals surface area contributed by atoms with E-state index in [1.807, 2.05) is 0 Å². The van der Waals surface area contributed by atoms with Gasteiger partial charge in [0.25, 0.3) is 0 Å². The van der Waals surface area contributed by atoms with Gasteiger partial charge in [-0.2, -0.15) is 0 Å². The smallest absolute Gasteiger partial charge is 0.0386 e. The molecule has 0 bridgehead atoms. The van der Waals surface area contributed by atoms with Gasteiger partial charge in [0.15, 0.2) is 0 Å². The van der Waals surface area contributed by atoms with Crippen molar-refractivity contribution in [2.45, 2.75) is 219 Å². The zero-order chi connectivity index (χ0) is 25.3. The van der Waals surface area contributed by atoms with Crippen LogP contribution in [-0.4, -0.2) is 0 Å². The predicted molar refractivity (Wildman–Crippen MR) is 163 cm³/mol. The van der Waals surface area contributed by atoms with Crippen LogP contribution >= 0.6 is 0 Å². The molecule has 0 spiro atoms. The summed E-state index contributed by atoms with van der Waals surface area (Å²) in [5, 5.41) is 0. The molecule has 0 aromatic carbocycles. The first-order chi connectivity index (χ1) is 17.4. The van der Waals surface area contributed by atoms with Crippen molar-refractivity contribution in [3.8, 4) is 0 Å². The van der Waals surface area contributed by atoms with Gasteiger partial charge in [-0.3, -0.25) is 0 Å². The standard InChI is InChI=1S/C35H71/c1-3-5-7-9-11-13-15-17-19-21-23-25-27-29-31-33-35-34-32-30-28-26-24-22-20-18-16-14-12-10-8-6-4-2/h35H,3-34H2,1-2H3. The molecule has 0 aromatic rings. The van der Waals surface area contributed by atoms with Gasteiger partial charge in [0.05, 0.1) is 0 Å². The van der Waals surface area contributed by atoms with E-state index in [0.717, 1.165) is 0 Å². The van der Waals surface area contributed by atoms with E-state index >= 15 is 0 Å². The highest BCUT2D eigenvalue weighted by Crippen LogP contribution is 2.16. The second-order valence-electron chi connectivity index (χ2n) is 11.8. The normalized spacial score (nSPS) is 11.5. The summed E-state index contributed by atoms with van der Waals surface area (Å²) in [5.74, 6) is 0. The summed E-state index contributed by atoms with van der Waals surface area (Å²) >= 11 is 0. The van der Waals surface area contributed by atoms with Gasteiger partial charge in [-0.1, -0.05) is 219 Å². The van der Waals surface area contributed by atoms with Crippen LogP contribution in [-0.2, 0) is 0 Å². The first kappa shape index (κ1) is 35.0. The summed E-state index contributed by atoms with van der Waals surface area (Å²) in [7, 11) is 0. The molecule has 0 aliphatic carbocycles. The Morgan fingerprint density at radius 1 is 0.229 bits per heavy atom. The molecule has 0 unspecified atom stereocenters. The van der Waals surface area contributed by atoms with Crippen LogP contribution in [0.4, 0.5) is 0 Å². The summed E-state index contributed by atoms with van der Waals surface area (Å²) in [6, 6.07) is 0. The molecule has 0 saturated heterocycles. The lowest BCUT2D eigenvalue weighted by molar-refractivity contribution is 0.527. The van der Waals surface area contributed by atoms with E-state index in [4.69, 9.17) is 0 Å². The van der Waals surface area contributed by atoms with Crippen molar-refractivity contribution in [3.05, 3.63) is 6.42 Å². The summed E-state index contributed by atoms with van der Waals surface area (Å²) in [4.78, 5) is 0. The third-order valence-electron chi connectivity index (χ3n) is 8.02. The average Bonchev–Trinajstić information content (AvgIpc) is 2.87. The Morgan fingerprint density at radius 2 is 0.400 bits per heavy atom. The Kier molecular flexibility index (Phi) is 34.0. The van der Waals surface area contributed by atoms with E-state index in [1.165, 1.54) is 205 Å². The molecule has 0 amide bonds. The van der Waals surface area contributed by atoms with Crippen LogP contribution in [0.3, 0.4) is 0 Å². The first-order valence-corrected chi connectivity index (χ1v) is 17.2. The highest BCUT2D eigenvalue weighted by atomic mass is 14.0. The molecule has 1 radical (unpaired) electrons. The maximum Gasteiger partial charge on any atom is -0.0386 e. The molecule has 0 N–H and O–H groups in total. The second-order valence-corrected chi connectivity index (χ2v) is 11.8. The minimum absolute atomic E-state index is 1.37. The minimum Gasteiger partial charge on any atom is -0.0654 e. The van der Waals surface area contributed by atoms with Crippen LogP contribution in [0.25, 0.3) is 0 Å². The van der Waals surface area contributed by atoms with Crippen molar-refractivity contribution in [2.24, 2.45) is 0 Å². The summed E-state index contributed by atoms with van der Waals surface area (Å²) < 4.78 is 0. The van der Waals surface area contributed by atoms with Gasteiger partial charge in [0.2, 0.25) is 0 Å². The molecule has 0 nitrogen and oxygen atoms in total. The Morgan fingerprint density at radius 3 is 0.600 bits per heavy atom. The third-order valence-corrected chi connectivity index (χ3v) is 8.02. The molecule has 0 rings (SSSR count). The van der Waals surface area contributed by atoms with Crippen molar-refractivity contribution < 1.29 is 0 Å². The van der Waals surface area contributed by atoms with Crippen LogP contribution in [0.15, 0.2) is 0 Å². The molecule has 0 aromatic heterocycles. The van der Waals surface area contributed by atoms with Crippen molar-refractivity contribution in [2.75, 3.05) is 0 Å². The third kappa shape index (κ3) is 34.0. The van der Waals surface area contributed by atoms with Crippen LogP contribution in [0.5, 0.6) is 0 Å². The van der Waals surface area contributed by atoms with E-state index in [1.54, 1.807) is 0 Å². The quantitative estimate of drug-likeness (QED) is 0.0820. The highest BCUT2D eigenvalue weighted by molar-refractivity contribution is 4.64. The summed E-state index contributed by atoms with van der Waals surface area (Å²) in [6.07, 6.45) is 49.4. The lowest BCUT2D eigenvalue weighted by Gasteiger charge is -2.04. The molecule has 0 fully saturated rings. The molecule has 0 heterocycles. The number of rotatable bonds is 32. The Balaban J connectivity index is 3.00. The predicted octanol–water partition coefficient (Wildman–Crippen LogP) is 13.7. The number of hydrogen-bond donors (Lipinski definition) is 0. The van der Waals surface area contributed by atoms with Crippen molar-refractivity contribution in [1.29, 1.82) is 0 Å². The van der Waals surface area contributed by atoms with Gasteiger partial charge in [0, 0.05) is 0 Å². The van der Waals surface area contributed by atoms with E-state index in [2.05, 4.69) is 20.3 Å². The fraction of sp³-hybridized carbons (Fsp3) is 0.971. The Labute approximate surface area is 225 Å². The van der Waals surface area contributed by atoms with Crippen molar-refractivity contribution in [3.63, 3.8) is 0 Å². The maximum absolute atomic E-state index is 2.59. The average molecular weight is 492 g/mol. The van der Waals surface area contributed by atoms with Gasteiger partial charge < -0.3 is 0 Å². The zero-order valence-corrected chi connectivity index (χ0v) is 25.2. The van der Waals surface area contributed by atoms with Crippen LogP contribution in [0.2, 0.25) is 0 Å². The molecule has 211 valence electrons. The SMILES string of the molecule is CCCCCCCCCCCCCCCCC[CH]CCCCCCCCCCCCCCCCC. The molecule has 0 aliphatic heterocycles. The summed E-state index contributed by atoms with van der Waals surface area (Å²) in [5.41, 5.74) is 0. The zero-order valence-electron chi connectivity index (χ0n) is 25.2. The summed E-state index contributed by atoms with van der Waals surface area (Å²) in [6.45, 7) is 4.61. The maximum atomic E-state index is 2.59. The molecule has 0 atom stereocenters. The van der Waals surface area contributed by atoms with Crippen LogP contribution in [0, 0.1) is 6.42 Å². The Bertz CT molecular complexity index is 301. The fourth-order valence-electron chi connectivity index (χ4n) is 5.46. The van der Waals surface area contributed by atoms with Crippen molar-refractivity contribution in [1.82, 2.24) is 0 Å².